The monoisotopic (exact) mass is 432 g/mol. The number of nitrogens with one attached hydrogen (secondary N) is 1. The van der Waals surface area contributed by atoms with Gasteiger partial charge in [-0.3, -0.25) is 4.79 Å². The van der Waals surface area contributed by atoms with Crippen LogP contribution in [0.4, 0.5) is 18.9 Å². The Morgan fingerprint density at radius 1 is 1.23 bits per heavy atom. The number of aromatic nitrogens is 3. The minimum absolute atomic E-state index is 0.0279. The van der Waals surface area contributed by atoms with Crippen LogP contribution in [0.3, 0.4) is 0 Å². The maximum atomic E-state index is 13.7. The van der Waals surface area contributed by atoms with Crippen LogP contribution >= 0.6 is 0 Å². The van der Waals surface area contributed by atoms with Crippen molar-refractivity contribution in [2.75, 3.05) is 11.9 Å². The second-order valence-corrected chi connectivity index (χ2v) is 7.64. The Morgan fingerprint density at radius 2 is 1.97 bits per heavy atom. The summed E-state index contributed by atoms with van der Waals surface area (Å²) in [5.74, 6) is -6.01. The van der Waals surface area contributed by atoms with Crippen molar-refractivity contribution < 1.29 is 27.5 Å². The number of nitrogens with zero attached hydrogens (tertiary/aromatic N) is 3. The lowest BCUT2D eigenvalue weighted by Gasteiger charge is -2.11. The molecule has 0 atom stereocenters. The normalized spacial score (nSPS) is 13.6. The molecule has 1 aliphatic rings. The van der Waals surface area contributed by atoms with Crippen LogP contribution in [0.25, 0.3) is 11.0 Å². The molecule has 0 radical (unpaired) electrons. The predicted octanol–water partition coefficient (Wildman–Crippen LogP) is 4.10. The summed E-state index contributed by atoms with van der Waals surface area (Å²) in [4.78, 5) is 29.4. The number of amides is 1. The van der Waals surface area contributed by atoms with Gasteiger partial charge in [-0.05, 0) is 44.9 Å². The van der Waals surface area contributed by atoms with Crippen molar-refractivity contribution in [2.24, 2.45) is 0 Å². The van der Waals surface area contributed by atoms with Gasteiger partial charge in [0.05, 0.1) is 22.8 Å². The van der Waals surface area contributed by atoms with E-state index in [0.29, 0.717) is 17.1 Å². The molecule has 162 valence electrons. The molecule has 1 aromatic carbocycles. The molecule has 0 unspecified atom stereocenters. The van der Waals surface area contributed by atoms with Crippen LogP contribution in [0.2, 0.25) is 0 Å². The van der Waals surface area contributed by atoms with Gasteiger partial charge in [0.2, 0.25) is 0 Å². The largest absolute Gasteiger partial charge is 0.452 e. The molecule has 0 aliphatic heterocycles. The fraction of sp³-hybridized carbons (Fsp3) is 0.333. The van der Waals surface area contributed by atoms with Crippen LogP contribution in [0.15, 0.2) is 24.4 Å². The Labute approximate surface area is 175 Å². The first-order valence-corrected chi connectivity index (χ1v) is 9.75. The molecule has 1 amide bonds. The van der Waals surface area contributed by atoms with Gasteiger partial charge in [-0.2, -0.15) is 5.10 Å². The van der Waals surface area contributed by atoms with Crippen LogP contribution in [0.5, 0.6) is 0 Å². The molecular weight excluding hydrogens is 413 g/mol. The molecule has 31 heavy (non-hydrogen) atoms. The quantitative estimate of drug-likeness (QED) is 0.468. The SMILES string of the molecule is CC(C)n1ncc2c(C(=O)OCC(=O)Nc3ccc(F)c(F)c3F)cc(C3CC3)nc21. The zero-order valence-electron chi connectivity index (χ0n) is 16.8. The third kappa shape index (κ3) is 4.10. The molecule has 1 fully saturated rings. The Hall–Kier alpha value is -3.43. The minimum Gasteiger partial charge on any atom is -0.452 e. The number of pyridine rings is 1. The molecule has 2 aromatic heterocycles. The summed E-state index contributed by atoms with van der Waals surface area (Å²) in [5, 5.41) is 6.84. The average molecular weight is 432 g/mol. The highest BCUT2D eigenvalue weighted by molar-refractivity contribution is 6.04. The molecule has 7 nitrogen and oxygen atoms in total. The molecule has 0 spiro atoms. The van der Waals surface area contributed by atoms with Crippen LogP contribution in [0, 0.1) is 17.5 Å². The van der Waals surface area contributed by atoms with E-state index >= 15 is 0 Å². The number of carbonyl (C=O) groups excluding carboxylic acids is 2. The third-order valence-electron chi connectivity index (χ3n) is 4.93. The first-order chi connectivity index (χ1) is 14.8. The number of halogens is 3. The molecule has 4 rings (SSSR count). The molecule has 1 aliphatic carbocycles. The van der Waals surface area contributed by atoms with Gasteiger partial charge in [0.15, 0.2) is 29.7 Å². The van der Waals surface area contributed by atoms with Crippen molar-refractivity contribution >= 4 is 28.6 Å². The summed E-state index contributed by atoms with van der Waals surface area (Å²) in [6.45, 7) is 3.15. The zero-order valence-corrected chi connectivity index (χ0v) is 16.8. The molecule has 1 saturated carbocycles. The topological polar surface area (TPSA) is 86.1 Å². The van der Waals surface area contributed by atoms with Crippen LogP contribution in [-0.2, 0) is 9.53 Å². The fourth-order valence-electron chi connectivity index (χ4n) is 3.19. The molecule has 10 heteroatoms. The Bertz CT molecular complexity index is 1190. The van der Waals surface area contributed by atoms with Crippen LogP contribution in [0.1, 0.15) is 54.7 Å². The number of anilines is 1. The van der Waals surface area contributed by atoms with E-state index in [0.717, 1.165) is 24.6 Å². The van der Waals surface area contributed by atoms with E-state index in [9.17, 15) is 22.8 Å². The van der Waals surface area contributed by atoms with E-state index in [1.54, 1.807) is 10.7 Å². The first kappa shape index (κ1) is 20.8. The summed E-state index contributed by atoms with van der Waals surface area (Å²) >= 11 is 0. The minimum atomic E-state index is -1.70. The second-order valence-electron chi connectivity index (χ2n) is 7.64. The molecule has 0 saturated heterocycles. The summed E-state index contributed by atoms with van der Waals surface area (Å²) in [7, 11) is 0. The Morgan fingerprint density at radius 3 is 2.65 bits per heavy atom. The van der Waals surface area contributed by atoms with Crippen molar-refractivity contribution in [3.8, 4) is 0 Å². The van der Waals surface area contributed by atoms with Crippen molar-refractivity contribution in [3.63, 3.8) is 0 Å². The van der Waals surface area contributed by atoms with Crippen molar-refractivity contribution in [1.82, 2.24) is 14.8 Å². The second kappa shape index (κ2) is 8.01. The molecule has 2 heterocycles. The number of esters is 1. The lowest BCUT2D eigenvalue weighted by atomic mass is 10.1. The van der Waals surface area contributed by atoms with E-state index in [-0.39, 0.29) is 17.5 Å². The highest BCUT2D eigenvalue weighted by Crippen LogP contribution is 2.40. The highest BCUT2D eigenvalue weighted by Gasteiger charge is 2.29. The number of fused-ring (bicyclic) bond motifs is 1. The molecule has 1 N–H and O–H groups in total. The third-order valence-corrected chi connectivity index (χ3v) is 4.93. The number of ether oxygens (including phenoxy) is 1. The lowest BCUT2D eigenvalue weighted by molar-refractivity contribution is -0.119. The summed E-state index contributed by atoms with van der Waals surface area (Å²) in [6.07, 6.45) is 3.47. The van der Waals surface area contributed by atoms with Gasteiger partial charge in [0.25, 0.3) is 5.91 Å². The van der Waals surface area contributed by atoms with Crippen LogP contribution < -0.4 is 5.32 Å². The van der Waals surface area contributed by atoms with Gasteiger partial charge in [0, 0.05) is 17.7 Å². The maximum Gasteiger partial charge on any atom is 0.339 e. The predicted molar refractivity (Wildman–Crippen MR) is 105 cm³/mol. The number of benzene rings is 1. The number of hydrogen-bond acceptors (Lipinski definition) is 5. The average Bonchev–Trinajstić information content (AvgIpc) is 3.50. The number of rotatable bonds is 6. The Balaban J connectivity index is 1.52. The maximum absolute atomic E-state index is 13.7. The summed E-state index contributed by atoms with van der Waals surface area (Å²) in [6, 6.07) is 3.23. The smallest absolute Gasteiger partial charge is 0.339 e. The van der Waals surface area contributed by atoms with Crippen molar-refractivity contribution in [3.05, 3.63) is 53.1 Å². The van der Waals surface area contributed by atoms with Crippen molar-refractivity contribution in [2.45, 2.75) is 38.6 Å². The number of carbonyl (C=O) groups is 2. The van der Waals surface area contributed by atoms with Gasteiger partial charge < -0.3 is 10.1 Å². The summed E-state index contributed by atoms with van der Waals surface area (Å²) in [5.41, 5.74) is 0.987. The Kier molecular flexibility index (Phi) is 5.38. The molecular formula is C21H19F3N4O3. The standard InChI is InChI=1S/C21H19F3N4O3/c1-10(2)28-20-13(8-25-28)12(7-16(27-20)11-3-4-11)21(30)31-9-17(29)26-15-6-5-14(22)18(23)19(15)24/h5-8,10-11H,3-4,9H2,1-2H3,(H,26,29). The van der Waals surface area contributed by atoms with Gasteiger partial charge in [-0.25, -0.2) is 27.6 Å². The van der Waals surface area contributed by atoms with E-state index in [4.69, 9.17) is 4.74 Å². The van der Waals surface area contributed by atoms with Gasteiger partial charge in [-0.15, -0.1) is 0 Å². The molecule has 3 aromatic rings. The first-order valence-electron chi connectivity index (χ1n) is 9.75. The van der Waals surface area contributed by atoms with Gasteiger partial charge >= 0.3 is 5.97 Å². The van der Waals surface area contributed by atoms with E-state index in [1.807, 2.05) is 13.8 Å². The van der Waals surface area contributed by atoms with Gasteiger partial charge in [-0.1, -0.05) is 0 Å². The fourth-order valence-corrected chi connectivity index (χ4v) is 3.19. The zero-order chi connectivity index (χ0) is 22.3. The van der Waals surface area contributed by atoms with E-state index in [1.165, 1.54) is 6.20 Å². The van der Waals surface area contributed by atoms with E-state index < -0.39 is 41.6 Å². The van der Waals surface area contributed by atoms with Crippen LogP contribution in [-0.4, -0.2) is 33.2 Å². The number of hydrogen-bond donors (Lipinski definition) is 1. The van der Waals surface area contributed by atoms with Gasteiger partial charge in [0.1, 0.15) is 0 Å². The molecule has 0 bridgehead atoms. The summed E-state index contributed by atoms with van der Waals surface area (Å²) < 4.78 is 46.8. The highest BCUT2D eigenvalue weighted by atomic mass is 19.2. The van der Waals surface area contributed by atoms with Crippen molar-refractivity contribution in [1.29, 1.82) is 0 Å². The lowest BCUT2D eigenvalue weighted by Crippen LogP contribution is -2.22. The van der Waals surface area contributed by atoms with E-state index in [2.05, 4.69) is 15.4 Å².